The van der Waals surface area contributed by atoms with Gasteiger partial charge in [-0.3, -0.25) is 14.9 Å². The second-order valence-electron chi connectivity index (χ2n) is 8.86. The molecule has 0 atom stereocenters. The van der Waals surface area contributed by atoms with Crippen molar-refractivity contribution in [1.82, 2.24) is 5.32 Å². The first kappa shape index (κ1) is 28.1. The number of hydrogen-bond donors (Lipinski definition) is 1. The van der Waals surface area contributed by atoms with Gasteiger partial charge in [0.25, 0.3) is 11.8 Å². The standard InChI is InChI=1S/C28H25BrN2O7S/c1-5-37-24-15-19(14-22(29)25(24)38-39(35,36)20-10-7-16(2)8-11-20)13-21-26(32)30-28(34)31(27(21)33)23-12-17(3)6-9-18(23)4/h6-15H,5H2,1-4H3,(H,30,32,34)/b21-13+. The van der Waals surface area contributed by atoms with E-state index < -0.39 is 28.0 Å². The van der Waals surface area contributed by atoms with E-state index in [1.54, 1.807) is 38.1 Å². The van der Waals surface area contributed by atoms with E-state index in [4.69, 9.17) is 8.92 Å². The lowest BCUT2D eigenvalue weighted by Gasteiger charge is -2.28. The van der Waals surface area contributed by atoms with E-state index in [9.17, 15) is 22.8 Å². The van der Waals surface area contributed by atoms with Crippen LogP contribution in [0.5, 0.6) is 11.5 Å². The number of imide groups is 2. The normalized spacial score (nSPS) is 14.9. The molecule has 1 saturated heterocycles. The van der Waals surface area contributed by atoms with E-state index in [-0.39, 0.29) is 33.0 Å². The van der Waals surface area contributed by atoms with Crippen LogP contribution in [0.3, 0.4) is 0 Å². The van der Waals surface area contributed by atoms with Gasteiger partial charge in [0.1, 0.15) is 10.5 Å². The fraction of sp³-hybridized carbons (Fsp3) is 0.179. The molecule has 1 fully saturated rings. The first-order valence-corrected chi connectivity index (χ1v) is 14.1. The van der Waals surface area contributed by atoms with Crippen molar-refractivity contribution < 1.29 is 31.7 Å². The van der Waals surface area contributed by atoms with E-state index in [1.165, 1.54) is 30.3 Å². The molecule has 0 unspecified atom stereocenters. The van der Waals surface area contributed by atoms with Gasteiger partial charge >= 0.3 is 16.1 Å². The van der Waals surface area contributed by atoms with E-state index >= 15 is 0 Å². The van der Waals surface area contributed by atoms with Crippen molar-refractivity contribution in [2.24, 2.45) is 0 Å². The molecule has 4 amide bonds. The van der Waals surface area contributed by atoms with Crippen molar-refractivity contribution in [3.63, 3.8) is 0 Å². The van der Waals surface area contributed by atoms with Gasteiger partial charge in [-0.2, -0.15) is 8.42 Å². The Morgan fingerprint density at radius 3 is 2.28 bits per heavy atom. The van der Waals surface area contributed by atoms with Gasteiger partial charge in [-0.15, -0.1) is 0 Å². The van der Waals surface area contributed by atoms with Crippen LogP contribution < -0.4 is 19.1 Å². The predicted molar refractivity (Wildman–Crippen MR) is 149 cm³/mol. The number of ether oxygens (including phenoxy) is 1. The number of carbonyl (C=O) groups excluding carboxylic acids is 3. The van der Waals surface area contributed by atoms with Gasteiger partial charge in [0.2, 0.25) is 0 Å². The average molecular weight is 613 g/mol. The number of urea groups is 1. The van der Waals surface area contributed by atoms with Gasteiger partial charge < -0.3 is 8.92 Å². The van der Waals surface area contributed by atoms with Crippen molar-refractivity contribution in [2.75, 3.05) is 11.5 Å². The summed E-state index contributed by atoms with van der Waals surface area (Å²) in [5, 5.41) is 2.21. The number of nitrogens with one attached hydrogen (secondary N) is 1. The highest BCUT2D eigenvalue weighted by Crippen LogP contribution is 2.39. The summed E-state index contributed by atoms with van der Waals surface area (Å²) >= 11 is 3.33. The van der Waals surface area contributed by atoms with Crippen molar-refractivity contribution >= 4 is 55.7 Å². The maximum atomic E-state index is 13.4. The lowest BCUT2D eigenvalue weighted by molar-refractivity contribution is -0.122. The highest BCUT2D eigenvalue weighted by Gasteiger charge is 2.37. The van der Waals surface area contributed by atoms with E-state index in [2.05, 4.69) is 21.2 Å². The van der Waals surface area contributed by atoms with Crippen LogP contribution in [0.25, 0.3) is 6.08 Å². The first-order chi connectivity index (χ1) is 18.4. The van der Waals surface area contributed by atoms with E-state index in [1.807, 2.05) is 19.9 Å². The molecular weight excluding hydrogens is 588 g/mol. The Kier molecular flexibility index (Phi) is 7.94. The molecule has 0 bridgehead atoms. The highest BCUT2D eigenvalue weighted by atomic mass is 79.9. The van der Waals surface area contributed by atoms with Crippen LogP contribution in [-0.4, -0.2) is 32.9 Å². The van der Waals surface area contributed by atoms with Crippen LogP contribution in [0, 0.1) is 20.8 Å². The summed E-state index contributed by atoms with van der Waals surface area (Å²) in [4.78, 5) is 39.6. The number of hydrogen-bond acceptors (Lipinski definition) is 7. The Balaban J connectivity index is 1.74. The molecule has 0 spiro atoms. The van der Waals surface area contributed by atoms with Crippen LogP contribution in [-0.2, 0) is 19.7 Å². The number of nitrogens with zero attached hydrogens (tertiary/aromatic N) is 1. The molecule has 3 aromatic carbocycles. The fourth-order valence-corrected chi connectivity index (χ4v) is 5.49. The van der Waals surface area contributed by atoms with Gasteiger partial charge in [0.05, 0.1) is 16.8 Å². The lowest BCUT2D eigenvalue weighted by atomic mass is 10.0. The predicted octanol–water partition coefficient (Wildman–Crippen LogP) is 5.21. The third-order valence-electron chi connectivity index (χ3n) is 5.85. The molecule has 11 heteroatoms. The zero-order chi connectivity index (χ0) is 28.5. The van der Waals surface area contributed by atoms with Gasteiger partial charge in [-0.25, -0.2) is 9.69 Å². The van der Waals surface area contributed by atoms with E-state index in [0.717, 1.165) is 16.0 Å². The molecule has 202 valence electrons. The Labute approximate surface area is 234 Å². The summed E-state index contributed by atoms with van der Waals surface area (Å²) in [6, 6.07) is 13.6. The SMILES string of the molecule is CCOc1cc(/C=C2\C(=O)NC(=O)N(c3cc(C)ccc3C)C2=O)cc(Br)c1OS(=O)(=O)c1ccc(C)cc1. The number of aryl methyl sites for hydroxylation is 3. The van der Waals surface area contributed by atoms with Crippen LogP contribution in [0.15, 0.2) is 69.5 Å². The van der Waals surface area contributed by atoms with Gasteiger partial charge in [-0.05, 0) is 96.7 Å². The van der Waals surface area contributed by atoms with Crippen LogP contribution >= 0.6 is 15.9 Å². The summed E-state index contributed by atoms with van der Waals surface area (Å²) < 4.78 is 37.1. The number of rotatable bonds is 7. The molecule has 39 heavy (non-hydrogen) atoms. The molecule has 4 rings (SSSR count). The molecule has 1 N–H and O–H groups in total. The summed E-state index contributed by atoms with van der Waals surface area (Å²) in [6.07, 6.45) is 1.30. The van der Waals surface area contributed by atoms with Crippen molar-refractivity contribution in [3.8, 4) is 11.5 Å². The number of anilines is 1. The number of barbiturate groups is 1. The lowest BCUT2D eigenvalue weighted by Crippen LogP contribution is -2.54. The molecule has 1 heterocycles. The molecule has 0 saturated carbocycles. The molecule has 1 aliphatic heterocycles. The quantitative estimate of drug-likeness (QED) is 0.221. The van der Waals surface area contributed by atoms with Crippen molar-refractivity contribution in [1.29, 1.82) is 0 Å². The molecule has 0 aromatic heterocycles. The minimum atomic E-state index is -4.19. The van der Waals surface area contributed by atoms with Crippen LogP contribution in [0.1, 0.15) is 29.2 Å². The summed E-state index contributed by atoms with van der Waals surface area (Å²) in [5.41, 5.74) is 2.80. The number of benzene rings is 3. The van der Waals surface area contributed by atoms with Crippen molar-refractivity contribution in [3.05, 3.63) is 86.9 Å². The monoisotopic (exact) mass is 612 g/mol. The second-order valence-corrected chi connectivity index (χ2v) is 11.3. The maximum Gasteiger partial charge on any atom is 0.339 e. The number of halogens is 1. The Morgan fingerprint density at radius 1 is 0.949 bits per heavy atom. The number of carbonyl (C=O) groups is 3. The zero-order valence-electron chi connectivity index (χ0n) is 21.6. The largest absolute Gasteiger partial charge is 0.490 e. The zero-order valence-corrected chi connectivity index (χ0v) is 24.0. The third kappa shape index (κ3) is 5.89. The minimum absolute atomic E-state index is 0.0330. The van der Waals surface area contributed by atoms with Gasteiger partial charge in [0, 0.05) is 0 Å². The summed E-state index contributed by atoms with van der Waals surface area (Å²) in [7, 11) is -4.19. The summed E-state index contributed by atoms with van der Waals surface area (Å²) in [6.45, 7) is 7.31. The molecule has 1 aliphatic rings. The summed E-state index contributed by atoms with van der Waals surface area (Å²) in [5.74, 6) is -1.68. The Bertz CT molecular complexity index is 1630. The number of amides is 4. The molecule has 0 aliphatic carbocycles. The average Bonchev–Trinajstić information content (AvgIpc) is 2.86. The second kappa shape index (κ2) is 11.0. The minimum Gasteiger partial charge on any atom is -0.490 e. The van der Waals surface area contributed by atoms with E-state index in [0.29, 0.717) is 16.8 Å². The highest BCUT2D eigenvalue weighted by molar-refractivity contribution is 9.10. The first-order valence-electron chi connectivity index (χ1n) is 11.9. The Morgan fingerprint density at radius 2 is 1.62 bits per heavy atom. The molecule has 0 radical (unpaired) electrons. The Hall–Kier alpha value is -3.96. The molecular formula is C28H25BrN2O7S. The van der Waals surface area contributed by atoms with Gasteiger partial charge in [0.15, 0.2) is 11.5 Å². The molecule has 3 aromatic rings. The maximum absolute atomic E-state index is 13.4. The van der Waals surface area contributed by atoms with Crippen LogP contribution in [0.2, 0.25) is 0 Å². The van der Waals surface area contributed by atoms with Gasteiger partial charge in [-0.1, -0.05) is 29.8 Å². The molecule has 9 nitrogen and oxygen atoms in total. The smallest absolute Gasteiger partial charge is 0.339 e. The topological polar surface area (TPSA) is 119 Å². The third-order valence-corrected chi connectivity index (χ3v) is 7.68. The fourth-order valence-electron chi connectivity index (χ4n) is 3.88. The van der Waals surface area contributed by atoms with Crippen LogP contribution in [0.4, 0.5) is 10.5 Å². The van der Waals surface area contributed by atoms with Crippen molar-refractivity contribution in [2.45, 2.75) is 32.6 Å².